The van der Waals surface area contributed by atoms with Crippen LogP contribution in [0.2, 0.25) is 5.02 Å². The van der Waals surface area contributed by atoms with E-state index in [-0.39, 0.29) is 20.8 Å². The summed E-state index contributed by atoms with van der Waals surface area (Å²) >= 11 is 5.79. The average Bonchev–Trinajstić information content (AvgIpc) is 2.92. The highest BCUT2D eigenvalue weighted by Gasteiger charge is 2.29. The summed E-state index contributed by atoms with van der Waals surface area (Å²) in [6, 6.07) is 0.924. The van der Waals surface area contributed by atoms with Gasteiger partial charge in [0.1, 0.15) is 9.23 Å². The quantitative estimate of drug-likeness (QED) is 0.181. The van der Waals surface area contributed by atoms with Crippen molar-refractivity contribution in [2.75, 3.05) is 0 Å². The number of thiophene rings is 1. The van der Waals surface area contributed by atoms with Crippen LogP contribution in [0.4, 0.5) is 23.2 Å². The van der Waals surface area contributed by atoms with E-state index in [0.29, 0.717) is 11.3 Å². The lowest BCUT2D eigenvalue weighted by molar-refractivity contribution is -0.387. The van der Waals surface area contributed by atoms with Crippen LogP contribution in [0.1, 0.15) is 16.6 Å². The van der Waals surface area contributed by atoms with Gasteiger partial charge in [-0.2, -0.15) is 0 Å². The van der Waals surface area contributed by atoms with E-state index in [1.807, 2.05) is 0 Å². The normalized spacial score (nSPS) is 10.9. The summed E-state index contributed by atoms with van der Waals surface area (Å²) in [7, 11) is 0. The van der Waals surface area contributed by atoms with E-state index < -0.39 is 49.6 Å². The maximum atomic E-state index is 13.8. The fourth-order valence-electron chi connectivity index (χ4n) is 1.51. The van der Waals surface area contributed by atoms with Gasteiger partial charge < -0.3 is 0 Å². The number of halogens is 5. The summed E-state index contributed by atoms with van der Waals surface area (Å²) < 4.78 is 54.1. The SMILES string of the molecule is CC(=O)c1cc([N+](=O)[O-])c(Sc2c(F)c(F)c(Cl)c(F)c2F)s1. The van der Waals surface area contributed by atoms with Crippen LogP contribution >= 0.6 is 34.7 Å². The summed E-state index contributed by atoms with van der Waals surface area (Å²) in [5.41, 5.74) is -0.597. The van der Waals surface area contributed by atoms with Gasteiger partial charge in [-0.15, -0.1) is 11.3 Å². The highest BCUT2D eigenvalue weighted by Crippen LogP contribution is 2.44. The summed E-state index contributed by atoms with van der Waals surface area (Å²) in [6.07, 6.45) is 0. The number of carbonyl (C=O) groups is 1. The zero-order chi connectivity index (χ0) is 17.5. The molecule has 0 fully saturated rings. The molecular weight excluding hydrogens is 382 g/mol. The Hall–Kier alpha value is -1.65. The van der Waals surface area contributed by atoms with Crippen LogP contribution in [0, 0.1) is 33.4 Å². The van der Waals surface area contributed by atoms with E-state index in [9.17, 15) is 32.5 Å². The minimum Gasteiger partial charge on any atom is -0.294 e. The first-order valence-electron chi connectivity index (χ1n) is 5.63. The highest BCUT2D eigenvalue weighted by molar-refractivity contribution is 8.01. The summed E-state index contributed by atoms with van der Waals surface area (Å²) in [5, 5.41) is 9.58. The molecule has 0 unspecified atom stereocenters. The molecule has 0 aliphatic rings. The lowest BCUT2D eigenvalue weighted by Crippen LogP contribution is -1.99. The Morgan fingerprint density at radius 3 is 2.17 bits per heavy atom. The van der Waals surface area contributed by atoms with Crippen molar-refractivity contribution < 1.29 is 27.3 Å². The molecule has 0 bridgehead atoms. The molecule has 122 valence electrons. The average molecular weight is 386 g/mol. The van der Waals surface area contributed by atoms with Crippen LogP contribution in [-0.2, 0) is 0 Å². The Morgan fingerprint density at radius 1 is 1.22 bits per heavy atom. The standard InChI is InChI=1S/C12H4ClF4NO3S2/c1-3(19)5-2-4(18(20)21)12(22-5)23-11-9(16)7(14)6(13)8(15)10(11)17/h2H,1H3. The van der Waals surface area contributed by atoms with E-state index in [2.05, 4.69) is 0 Å². The fourth-order valence-corrected chi connectivity index (χ4v) is 3.89. The second-order valence-corrected chi connectivity index (χ2v) is 6.81. The monoisotopic (exact) mass is 385 g/mol. The Labute approximate surface area is 139 Å². The van der Waals surface area contributed by atoms with Crippen molar-refractivity contribution in [1.82, 2.24) is 0 Å². The van der Waals surface area contributed by atoms with Crippen molar-refractivity contribution in [1.29, 1.82) is 0 Å². The Balaban J connectivity index is 2.60. The second-order valence-electron chi connectivity index (χ2n) is 4.10. The molecule has 0 N–H and O–H groups in total. The van der Waals surface area contributed by atoms with Gasteiger partial charge in [-0.1, -0.05) is 23.4 Å². The van der Waals surface area contributed by atoms with Crippen molar-refractivity contribution in [3.8, 4) is 0 Å². The molecule has 0 spiro atoms. The first kappa shape index (κ1) is 17.7. The Bertz CT molecular complexity index is 811. The van der Waals surface area contributed by atoms with Crippen LogP contribution in [0.3, 0.4) is 0 Å². The van der Waals surface area contributed by atoms with Crippen molar-refractivity contribution in [2.45, 2.75) is 16.0 Å². The third-order valence-corrected chi connectivity index (χ3v) is 5.40. The number of hydrogen-bond donors (Lipinski definition) is 0. The molecule has 0 amide bonds. The first-order chi connectivity index (χ1) is 10.6. The van der Waals surface area contributed by atoms with Crippen LogP contribution in [0.5, 0.6) is 0 Å². The predicted octanol–water partition coefficient (Wildman–Crippen LogP) is 5.22. The van der Waals surface area contributed by atoms with Crippen LogP contribution in [-0.4, -0.2) is 10.7 Å². The van der Waals surface area contributed by atoms with Gasteiger partial charge >= 0.3 is 0 Å². The van der Waals surface area contributed by atoms with Gasteiger partial charge in [-0.3, -0.25) is 14.9 Å². The molecule has 0 saturated carbocycles. The molecule has 2 rings (SSSR count). The molecule has 0 atom stereocenters. The molecule has 0 aliphatic carbocycles. The number of benzene rings is 1. The van der Waals surface area contributed by atoms with Gasteiger partial charge in [0.2, 0.25) is 0 Å². The molecule has 11 heteroatoms. The van der Waals surface area contributed by atoms with E-state index in [4.69, 9.17) is 11.6 Å². The van der Waals surface area contributed by atoms with E-state index in [0.717, 1.165) is 13.0 Å². The zero-order valence-electron chi connectivity index (χ0n) is 11.0. The van der Waals surface area contributed by atoms with Gasteiger partial charge in [0.25, 0.3) is 5.69 Å². The number of ketones is 1. The highest BCUT2D eigenvalue weighted by atomic mass is 35.5. The second kappa shape index (κ2) is 6.46. The molecule has 2 aromatic rings. The number of carbonyl (C=O) groups excluding carboxylic acids is 1. The maximum Gasteiger partial charge on any atom is 0.294 e. The number of nitro groups is 1. The third kappa shape index (κ3) is 3.19. The molecule has 1 aromatic heterocycles. The van der Waals surface area contributed by atoms with Gasteiger partial charge in [-0.25, -0.2) is 17.6 Å². The zero-order valence-corrected chi connectivity index (χ0v) is 13.3. The van der Waals surface area contributed by atoms with Gasteiger partial charge in [0.05, 0.1) is 14.7 Å². The maximum absolute atomic E-state index is 13.8. The number of Topliss-reactive ketones (excluding diaryl/α,β-unsaturated/α-hetero) is 1. The van der Waals surface area contributed by atoms with E-state index in [1.165, 1.54) is 0 Å². The van der Waals surface area contributed by atoms with Gasteiger partial charge in [0.15, 0.2) is 29.1 Å². The minimum absolute atomic E-state index is 0.0325. The Morgan fingerprint density at radius 2 is 1.74 bits per heavy atom. The molecule has 1 aromatic carbocycles. The molecule has 0 aliphatic heterocycles. The lowest BCUT2D eigenvalue weighted by Gasteiger charge is -2.07. The van der Waals surface area contributed by atoms with Crippen LogP contribution in [0.25, 0.3) is 0 Å². The summed E-state index contributed by atoms with van der Waals surface area (Å²) in [5.74, 6) is -7.66. The topological polar surface area (TPSA) is 60.2 Å². The van der Waals surface area contributed by atoms with Crippen LogP contribution < -0.4 is 0 Å². The molecule has 0 saturated heterocycles. The summed E-state index contributed by atoms with van der Waals surface area (Å²) in [4.78, 5) is 20.2. The molecule has 23 heavy (non-hydrogen) atoms. The first-order valence-corrected chi connectivity index (χ1v) is 7.64. The number of rotatable bonds is 4. The third-order valence-electron chi connectivity index (χ3n) is 2.59. The molecule has 1 heterocycles. The van der Waals surface area contributed by atoms with E-state index in [1.54, 1.807) is 0 Å². The molecule has 0 radical (unpaired) electrons. The minimum atomic E-state index is -1.81. The molecular formula is C12H4ClF4NO3S2. The van der Waals surface area contributed by atoms with Crippen molar-refractivity contribution in [3.05, 3.63) is 49.3 Å². The summed E-state index contributed by atoms with van der Waals surface area (Å²) in [6.45, 7) is 1.15. The Kier molecular flexibility index (Phi) is 4.97. The van der Waals surface area contributed by atoms with Gasteiger partial charge in [-0.05, 0) is 6.92 Å². The van der Waals surface area contributed by atoms with Gasteiger partial charge in [0, 0.05) is 6.07 Å². The van der Waals surface area contributed by atoms with Crippen molar-refractivity contribution in [3.63, 3.8) is 0 Å². The largest absolute Gasteiger partial charge is 0.294 e. The smallest absolute Gasteiger partial charge is 0.294 e. The van der Waals surface area contributed by atoms with Crippen molar-refractivity contribution in [2.24, 2.45) is 0 Å². The number of hydrogen-bond acceptors (Lipinski definition) is 5. The predicted molar refractivity (Wildman–Crippen MR) is 76.4 cm³/mol. The lowest BCUT2D eigenvalue weighted by atomic mass is 10.3. The van der Waals surface area contributed by atoms with Crippen molar-refractivity contribution >= 4 is 46.2 Å². The van der Waals surface area contributed by atoms with E-state index >= 15 is 0 Å². The fraction of sp³-hybridized carbons (Fsp3) is 0.0833. The molecule has 4 nitrogen and oxygen atoms in total. The van der Waals surface area contributed by atoms with Crippen LogP contribution in [0.15, 0.2) is 15.2 Å². The number of nitrogens with zero attached hydrogens (tertiary/aromatic N) is 1.